The van der Waals surface area contributed by atoms with Gasteiger partial charge in [-0.25, -0.2) is 0 Å². The molecule has 0 saturated carbocycles. The second-order valence-corrected chi connectivity index (χ2v) is 8.86. The number of nitrogens with zero attached hydrogens (tertiary/aromatic N) is 2. The van der Waals surface area contributed by atoms with E-state index in [9.17, 15) is 10.1 Å². The molecular formula is C25H16BrCl2N3O. The van der Waals surface area contributed by atoms with Gasteiger partial charge in [-0.3, -0.25) is 4.79 Å². The molecule has 0 atom stereocenters. The molecule has 0 spiro atoms. The van der Waals surface area contributed by atoms with Gasteiger partial charge in [0.1, 0.15) is 11.6 Å². The average molecular weight is 525 g/mol. The standard InChI is InChI=1S/C25H16BrCl2N3O/c26-19-4-3-5-21(11-19)30-25(32)17(13-29)10-18-15-31(24-7-2-1-6-22(18)24)14-16-8-9-20(27)12-23(16)28/h1-12,15H,14H2,(H,30,32)/b17-10-. The van der Waals surface area contributed by atoms with Crippen molar-refractivity contribution in [1.82, 2.24) is 4.57 Å². The van der Waals surface area contributed by atoms with Crippen molar-refractivity contribution in [3.05, 3.63) is 104 Å². The lowest BCUT2D eigenvalue weighted by molar-refractivity contribution is -0.112. The minimum atomic E-state index is -0.469. The first-order chi connectivity index (χ1) is 15.4. The quantitative estimate of drug-likeness (QED) is 0.220. The van der Waals surface area contributed by atoms with E-state index in [2.05, 4.69) is 21.2 Å². The molecular weight excluding hydrogens is 509 g/mol. The fourth-order valence-electron chi connectivity index (χ4n) is 3.42. The van der Waals surface area contributed by atoms with Crippen LogP contribution in [0.5, 0.6) is 0 Å². The summed E-state index contributed by atoms with van der Waals surface area (Å²) in [6, 6.07) is 22.4. The van der Waals surface area contributed by atoms with Gasteiger partial charge in [0, 0.05) is 49.4 Å². The number of amides is 1. The zero-order valence-electron chi connectivity index (χ0n) is 16.6. The lowest BCUT2D eigenvalue weighted by Gasteiger charge is -2.08. The van der Waals surface area contributed by atoms with Crippen LogP contribution in [0.2, 0.25) is 10.0 Å². The summed E-state index contributed by atoms with van der Waals surface area (Å²) in [5.74, 6) is -0.469. The Morgan fingerprint density at radius 3 is 2.66 bits per heavy atom. The molecule has 0 saturated heterocycles. The zero-order valence-corrected chi connectivity index (χ0v) is 19.7. The van der Waals surface area contributed by atoms with Crippen LogP contribution < -0.4 is 5.32 Å². The molecule has 0 fully saturated rings. The van der Waals surface area contributed by atoms with Crippen LogP contribution in [-0.4, -0.2) is 10.5 Å². The number of rotatable bonds is 5. The molecule has 1 N–H and O–H groups in total. The number of hydrogen-bond acceptors (Lipinski definition) is 2. The predicted molar refractivity (Wildman–Crippen MR) is 134 cm³/mol. The van der Waals surface area contributed by atoms with Gasteiger partial charge in [0.05, 0.1) is 0 Å². The van der Waals surface area contributed by atoms with Gasteiger partial charge >= 0.3 is 0 Å². The number of para-hydroxylation sites is 1. The summed E-state index contributed by atoms with van der Waals surface area (Å²) in [4.78, 5) is 12.7. The van der Waals surface area contributed by atoms with E-state index in [1.807, 2.05) is 59.3 Å². The fraction of sp³-hybridized carbons (Fsp3) is 0.0400. The third-order valence-corrected chi connectivity index (χ3v) is 6.00. The van der Waals surface area contributed by atoms with Crippen LogP contribution in [0, 0.1) is 11.3 Å². The van der Waals surface area contributed by atoms with E-state index in [-0.39, 0.29) is 5.57 Å². The number of nitriles is 1. The molecule has 1 heterocycles. The molecule has 0 radical (unpaired) electrons. The number of benzene rings is 3. The Morgan fingerprint density at radius 1 is 1.09 bits per heavy atom. The number of anilines is 1. The smallest absolute Gasteiger partial charge is 0.266 e. The molecule has 4 rings (SSSR count). The van der Waals surface area contributed by atoms with Crippen molar-refractivity contribution in [2.75, 3.05) is 5.32 Å². The van der Waals surface area contributed by atoms with Crippen LogP contribution in [0.1, 0.15) is 11.1 Å². The van der Waals surface area contributed by atoms with Crippen LogP contribution >= 0.6 is 39.1 Å². The second kappa shape index (κ2) is 9.62. The fourth-order valence-corrected chi connectivity index (χ4v) is 4.29. The average Bonchev–Trinajstić information content (AvgIpc) is 3.11. The maximum Gasteiger partial charge on any atom is 0.266 e. The highest BCUT2D eigenvalue weighted by atomic mass is 79.9. The van der Waals surface area contributed by atoms with E-state index in [4.69, 9.17) is 23.2 Å². The van der Waals surface area contributed by atoms with Gasteiger partial charge in [0.25, 0.3) is 5.91 Å². The Bertz CT molecular complexity index is 1400. The number of carbonyl (C=O) groups is 1. The summed E-state index contributed by atoms with van der Waals surface area (Å²) in [7, 11) is 0. The van der Waals surface area contributed by atoms with Gasteiger partial charge < -0.3 is 9.88 Å². The van der Waals surface area contributed by atoms with Crippen molar-refractivity contribution in [3.63, 3.8) is 0 Å². The number of carbonyl (C=O) groups excluding carboxylic acids is 1. The number of fused-ring (bicyclic) bond motifs is 1. The normalized spacial score (nSPS) is 11.4. The Kier molecular flexibility index (Phi) is 6.66. The highest BCUT2D eigenvalue weighted by Gasteiger charge is 2.14. The van der Waals surface area contributed by atoms with Crippen LogP contribution in [0.15, 0.2) is 83.0 Å². The van der Waals surface area contributed by atoms with Gasteiger partial charge in [0.2, 0.25) is 0 Å². The molecule has 1 amide bonds. The summed E-state index contributed by atoms with van der Waals surface area (Å²) in [6.07, 6.45) is 3.52. The molecule has 4 aromatic rings. The molecule has 0 aliphatic carbocycles. The summed E-state index contributed by atoms with van der Waals surface area (Å²) in [6.45, 7) is 0.524. The maximum atomic E-state index is 12.7. The number of nitrogens with one attached hydrogen (secondary N) is 1. The number of hydrogen-bond donors (Lipinski definition) is 1. The number of halogens is 3. The van der Waals surface area contributed by atoms with Crippen LogP contribution in [0.4, 0.5) is 5.69 Å². The SMILES string of the molecule is N#C/C(=C/c1cn(Cc2ccc(Cl)cc2Cl)c2ccccc12)C(=O)Nc1cccc(Br)c1. The Morgan fingerprint density at radius 2 is 1.91 bits per heavy atom. The first kappa shape index (κ1) is 22.2. The molecule has 4 nitrogen and oxygen atoms in total. The van der Waals surface area contributed by atoms with Gasteiger partial charge in [-0.1, -0.05) is 69.5 Å². The van der Waals surface area contributed by atoms with Crippen molar-refractivity contribution in [2.24, 2.45) is 0 Å². The van der Waals surface area contributed by atoms with E-state index in [1.165, 1.54) is 0 Å². The summed E-state index contributed by atoms with van der Waals surface area (Å²) >= 11 is 15.8. The molecule has 158 valence electrons. The van der Waals surface area contributed by atoms with Crippen LogP contribution in [-0.2, 0) is 11.3 Å². The summed E-state index contributed by atoms with van der Waals surface area (Å²) in [5, 5.41) is 14.5. The Balaban J connectivity index is 1.69. The molecule has 1 aromatic heterocycles. The van der Waals surface area contributed by atoms with Crippen LogP contribution in [0.25, 0.3) is 17.0 Å². The van der Waals surface area contributed by atoms with Gasteiger partial charge in [0.15, 0.2) is 0 Å². The van der Waals surface area contributed by atoms with Crippen molar-refractivity contribution >= 4 is 67.7 Å². The molecule has 0 aliphatic rings. The van der Waals surface area contributed by atoms with Crippen molar-refractivity contribution in [3.8, 4) is 6.07 Å². The third-order valence-electron chi connectivity index (χ3n) is 4.92. The van der Waals surface area contributed by atoms with Gasteiger partial charge in [-0.05, 0) is 48.0 Å². The van der Waals surface area contributed by atoms with E-state index < -0.39 is 5.91 Å². The van der Waals surface area contributed by atoms with Gasteiger partial charge in [-0.2, -0.15) is 5.26 Å². The third kappa shape index (κ3) is 4.89. The maximum absolute atomic E-state index is 12.7. The predicted octanol–water partition coefficient (Wildman–Crippen LogP) is 7.30. The Labute approximate surface area is 203 Å². The Hall–Kier alpha value is -3.04. The lowest BCUT2D eigenvalue weighted by Crippen LogP contribution is -2.13. The monoisotopic (exact) mass is 523 g/mol. The molecule has 32 heavy (non-hydrogen) atoms. The highest BCUT2D eigenvalue weighted by Crippen LogP contribution is 2.27. The minimum Gasteiger partial charge on any atom is -0.342 e. The molecule has 0 aliphatic heterocycles. The van der Waals surface area contributed by atoms with Crippen molar-refractivity contribution < 1.29 is 4.79 Å². The zero-order chi connectivity index (χ0) is 22.7. The van der Waals surface area contributed by atoms with Crippen molar-refractivity contribution in [1.29, 1.82) is 5.26 Å². The van der Waals surface area contributed by atoms with Crippen molar-refractivity contribution in [2.45, 2.75) is 6.54 Å². The van der Waals surface area contributed by atoms with Gasteiger partial charge in [-0.15, -0.1) is 0 Å². The van der Waals surface area contributed by atoms with E-state index in [0.717, 1.165) is 26.5 Å². The van der Waals surface area contributed by atoms with Crippen LogP contribution in [0.3, 0.4) is 0 Å². The lowest BCUT2D eigenvalue weighted by atomic mass is 10.1. The van der Waals surface area contributed by atoms with E-state index in [0.29, 0.717) is 22.3 Å². The molecule has 3 aromatic carbocycles. The van der Waals surface area contributed by atoms with E-state index >= 15 is 0 Å². The first-order valence-electron chi connectivity index (χ1n) is 9.65. The van der Waals surface area contributed by atoms with E-state index in [1.54, 1.807) is 30.3 Å². The number of aromatic nitrogens is 1. The minimum absolute atomic E-state index is 0.0115. The topological polar surface area (TPSA) is 57.8 Å². The molecule has 0 unspecified atom stereocenters. The molecule has 7 heteroatoms. The summed E-state index contributed by atoms with van der Waals surface area (Å²) in [5.41, 5.74) is 3.27. The second-order valence-electron chi connectivity index (χ2n) is 7.10. The summed E-state index contributed by atoms with van der Waals surface area (Å²) < 4.78 is 2.87. The highest BCUT2D eigenvalue weighted by molar-refractivity contribution is 9.10. The first-order valence-corrected chi connectivity index (χ1v) is 11.2. The molecule has 0 bridgehead atoms. The largest absolute Gasteiger partial charge is 0.342 e.